The summed E-state index contributed by atoms with van der Waals surface area (Å²) in [4.78, 5) is 2.57. The number of hydrogen-bond acceptors (Lipinski definition) is 3. The molecule has 3 nitrogen and oxygen atoms in total. The molecule has 1 fully saturated rings. The van der Waals surface area contributed by atoms with E-state index in [9.17, 15) is 0 Å². The summed E-state index contributed by atoms with van der Waals surface area (Å²) in [6.45, 7) is 9.05. The maximum Gasteiger partial charge on any atom is 0.123 e. The molecular weight excluding hydrogens is 260 g/mol. The van der Waals surface area contributed by atoms with E-state index in [0.29, 0.717) is 5.41 Å². The number of rotatable bonds is 6. The van der Waals surface area contributed by atoms with Crippen LogP contribution in [-0.2, 0) is 13.1 Å². The summed E-state index contributed by atoms with van der Waals surface area (Å²) < 4.78 is 5.54. The standard InChI is InChI=1S/C18H30N2O/c1-5-18(2)8-10-20(11-9-18)14-16-12-15(13-19-3)6-7-17(16)21-4/h6-7,12,19H,5,8-11,13-14H2,1-4H3. The second kappa shape index (κ2) is 7.28. The van der Waals surface area contributed by atoms with Crippen LogP contribution in [0.15, 0.2) is 18.2 Å². The average Bonchev–Trinajstić information content (AvgIpc) is 2.50. The highest BCUT2D eigenvalue weighted by Gasteiger charge is 2.28. The number of nitrogens with zero attached hydrogens (tertiary/aromatic N) is 1. The van der Waals surface area contributed by atoms with Crippen LogP contribution in [-0.4, -0.2) is 32.1 Å². The fraction of sp³-hybridized carbons (Fsp3) is 0.667. The molecule has 0 radical (unpaired) electrons. The highest BCUT2D eigenvalue weighted by atomic mass is 16.5. The fourth-order valence-electron chi connectivity index (χ4n) is 3.12. The third kappa shape index (κ3) is 4.21. The Balaban J connectivity index is 2.03. The van der Waals surface area contributed by atoms with Crippen molar-refractivity contribution in [2.45, 2.75) is 46.2 Å². The Morgan fingerprint density at radius 1 is 1.29 bits per heavy atom. The molecule has 0 aromatic heterocycles. The lowest BCUT2D eigenvalue weighted by atomic mass is 9.78. The van der Waals surface area contributed by atoms with Crippen molar-refractivity contribution in [2.24, 2.45) is 5.41 Å². The zero-order valence-corrected chi connectivity index (χ0v) is 14.0. The maximum absolute atomic E-state index is 5.54. The van der Waals surface area contributed by atoms with E-state index in [1.807, 2.05) is 7.05 Å². The lowest BCUT2D eigenvalue weighted by Gasteiger charge is -2.39. The second-order valence-corrected chi connectivity index (χ2v) is 6.62. The Hall–Kier alpha value is -1.06. The van der Waals surface area contributed by atoms with Gasteiger partial charge in [-0.15, -0.1) is 0 Å². The number of benzene rings is 1. The number of ether oxygens (including phenoxy) is 1. The second-order valence-electron chi connectivity index (χ2n) is 6.62. The van der Waals surface area contributed by atoms with Crippen LogP contribution >= 0.6 is 0 Å². The van der Waals surface area contributed by atoms with Crippen molar-refractivity contribution in [3.8, 4) is 5.75 Å². The first kappa shape index (κ1) is 16.3. The van der Waals surface area contributed by atoms with Gasteiger partial charge in [-0.2, -0.15) is 0 Å². The number of likely N-dealkylation sites (tertiary alicyclic amines) is 1. The molecule has 1 aromatic carbocycles. The summed E-state index contributed by atoms with van der Waals surface area (Å²) >= 11 is 0. The molecule has 0 bridgehead atoms. The van der Waals surface area contributed by atoms with Crippen LogP contribution < -0.4 is 10.1 Å². The summed E-state index contributed by atoms with van der Waals surface area (Å²) in [5.74, 6) is 1.01. The highest BCUT2D eigenvalue weighted by Crippen LogP contribution is 2.35. The molecule has 1 N–H and O–H groups in total. The maximum atomic E-state index is 5.54. The van der Waals surface area contributed by atoms with Crippen molar-refractivity contribution < 1.29 is 4.74 Å². The molecule has 0 amide bonds. The fourth-order valence-corrected chi connectivity index (χ4v) is 3.12. The first-order valence-corrected chi connectivity index (χ1v) is 8.13. The highest BCUT2D eigenvalue weighted by molar-refractivity contribution is 5.37. The van der Waals surface area contributed by atoms with Crippen LogP contribution in [0.5, 0.6) is 5.75 Å². The molecule has 1 aromatic rings. The number of piperidine rings is 1. The predicted molar refractivity (Wildman–Crippen MR) is 88.7 cm³/mol. The summed E-state index contributed by atoms with van der Waals surface area (Å²) in [6, 6.07) is 6.52. The third-order valence-electron chi connectivity index (χ3n) is 5.04. The van der Waals surface area contributed by atoms with Gasteiger partial charge in [-0.05, 0) is 56.1 Å². The van der Waals surface area contributed by atoms with E-state index in [0.717, 1.165) is 18.8 Å². The topological polar surface area (TPSA) is 24.5 Å². The van der Waals surface area contributed by atoms with Crippen LogP contribution in [0.3, 0.4) is 0 Å². The zero-order valence-electron chi connectivity index (χ0n) is 14.0. The molecule has 1 saturated heterocycles. The van der Waals surface area contributed by atoms with Gasteiger partial charge in [0.25, 0.3) is 0 Å². The third-order valence-corrected chi connectivity index (χ3v) is 5.04. The predicted octanol–water partition coefficient (Wildman–Crippen LogP) is 3.43. The van der Waals surface area contributed by atoms with Gasteiger partial charge in [-0.3, -0.25) is 4.90 Å². The first-order chi connectivity index (χ1) is 10.1. The van der Waals surface area contributed by atoms with Crippen molar-refractivity contribution >= 4 is 0 Å². The molecule has 3 heteroatoms. The molecular formula is C18H30N2O. The lowest BCUT2D eigenvalue weighted by molar-refractivity contribution is 0.109. The van der Waals surface area contributed by atoms with Crippen molar-refractivity contribution in [1.29, 1.82) is 0 Å². The molecule has 0 unspecified atom stereocenters. The molecule has 21 heavy (non-hydrogen) atoms. The summed E-state index contributed by atoms with van der Waals surface area (Å²) in [6.07, 6.45) is 3.91. The van der Waals surface area contributed by atoms with Gasteiger partial charge in [0.2, 0.25) is 0 Å². The molecule has 1 aliphatic rings. The minimum absolute atomic E-state index is 0.550. The summed E-state index contributed by atoms with van der Waals surface area (Å²) in [7, 11) is 3.75. The molecule has 0 aliphatic carbocycles. The molecule has 0 atom stereocenters. The largest absolute Gasteiger partial charge is 0.496 e. The van der Waals surface area contributed by atoms with Crippen molar-refractivity contribution in [3.63, 3.8) is 0 Å². The minimum atomic E-state index is 0.550. The van der Waals surface area contributed by atoms with E-state index in [1.54, 1.807) is 7.11 Å². The first-order valence-electron chi connectivity index (χ1n) is 8.13. The minimum Gasteiger partial charge on any atom is -0.496 e. The van der Waals surface area contributed by atoms with Gasteiger partial charge in [-0.1, -0.05) is 26.3 Å². The quantitative estimate of drug-likeness (QED) is 0.869. The van der Waals surface area contributed by atoms with E-state index >= 15 is 0 Å². The SMILES string of the molecule is CCC1(C)CCN(Cc2cc(CNC)ccc2OC)CC1. The van der Waals surface area contributed by atoms with E-state index < -0.39 is 0 Å². The molecule has 1 aliphatic heterocycles. The Bertz CT molecular complexity index is 451. The molecule has 118 valence electrons. The van der Waals surface area contributed by atoms with Gasteiger partial charge in [0.1, 0.15) is 5.75 Å². The van der Waals surface area contributed by atoms with Gasteiger partial charge in [0.05, 0.1) is 7.11 Å². The molecule has 0 saturated carbocycles. The van der Waals surface area contributed by atoms with Crippen LogP contribution in [0.2, 0.25) is 0 Å². The Labute approximate surface area is 129 Å². The smallest absolute Gasteiger partial charge is 0.123 e. The molecule has 2 rings (SSSR count). The Morgan fingerprint density at radius 3 is 2.57 bits per heavy atom. The van der Waals surface area contributed by atoms with Crippen LogP contribution in [0.4, 0.5) is 0 Å². The summed E-state index contributed by atoms with van der Waals surface area (Å²) in [5, 5.41) is 3.22. The van der Waals surface area contributed by atoms with E-state index in [4.69, 9.17) is 4.74 Å². The van der Waals surface area contributed by atoms with Crippen molar-refractivity contribution in [2.75, 3.05) is 27.2 Å². The van der Waals surface area contributed by atoms with Crippen molar-refractivity contribution in [1.82, 2.24) is 10.2 Å². The Morgan fingerprint density at radius 2 is 2.00 bits per heavy atom. The van der Waals surface area contributed by atoms with Gasteiger partial charge in [0, 0.05) is 18.7 Å². The monoisotopic (exact) mass is 290 g/mol. The van der Waals surface area contributed by atoms with Crippen LogP contribution in [0.1, 0.15) is 44.2 Å². The van der Waals surface area contributed by atoms with Crippen molar-refractivity contribution in [3.05, 3.63) is 29.3 Å². The number of hydrogen-bond donors (Lipinski definition) is 1. The van der Waals surface area contributed by atoms with Crippen LogP contribution in [0, 0.1) is 5.41 Å². The van der Waals surface area contributed by atoms with Gasteiger partial charge in [0.15, 0.2) is 0 Å². The Kier molecular flexibility index (Phi) is 5.65. The van der Waals surface area contributed by atoms with E-state index in [-0.39, 0.29) is 0 Å². The normalized spacial score (nSPS) is 18.7. The summed E-state index contributed by atoms with van der Waals surface area (Å²) in [5.41, 5.74) is 3.18. The van der Waals surface area contributed by atoms with Gasteiger partial charge in [-0.25, -0.2) is 0 Å². The number of methoxy groups -OCH3 is 1. The van der Waals surface area contributed by atoms with Gasteiger partial charge >= 0.3 is 0 Å². The molecule has 1 heterocycles. The van der Waals surface area contributed by atoms with E-state index in [2.05, 4.69) is 42.3 Å². The lowest BCUT2D eigenvalue weighted by Crippen LogP contribution is -2.38. The average molecular weight is 290 g/mol. The van der Waals surface area contributed by atoms with E-state index in [1.165, 1.54) is 43.5 Å². The molecule has 0 spiro atoms. The van der Waals surface area contributed by atoms with Gasteiger partial charge < -0.3 is 10.1 Å². The zero-order chi connectivity index (χ0) is 15.3. The van der Waals surface area contributed by atoms with Crippen LogP contribution in [0.25, 0.3) is 0 Å². The number of nitrogens with one attached hydrogen (secondary N) is 1.